The molecule has 0 fully saturated rings. The standard InChI is InChI=1S/C17H17NO3S2/c1-17(19,16-10-5-11-22-16)12-18-23(20,21)15-9-4-7-13-6-2-3-8-14(13)15/h2-11,18-19H,12H2,1H3. The monoisotopic (exact) mass is 347 g/mol. The minimum absolute atomic E-state index is 0.0843. The van der Waals surface area contributed by atoms with E-state index in [2.05, 4.69) is 4.72 Å². The highest BCUT2D eigenvalue weighted by Gasteiger charge is 2.27. The fraction of sp³-hybridized carbons (Fsp3) is 0.176. The second-order valence-electron chi connectivity index (χ2n) is 5.55. The van der Waals surface area contributed by atoms with Crippen molar-refractivity contribution in [2.45, 2.75) is 17.4 Å². The Labute approximate surface area is 139 Å². The molecule has 4 nitrogen and oxygen atoms in total. The first-order valence-corrected chi connectivity index (χ1v) is 9.50. The number of hydrogen-bond acceptors (Lipinski definition) is 4. The van der Waals surface area contributed by atoms with Gasteiger partial charge in [0.15, 0.2) is 0 Å². The highest BCUT2D eigenvalue weighted by molar-refractivity contribution is 7.89. The first-order valence-electron chi connectivity index (χ1n) is 7.14. The Kier molecular flexibility index (Phi) is 4.25. The molecule has 0 saturated carbocycles. The fourth-order valence-electron chi connectivity index (χ4n) is 2.42. The third-order valence-electron chi connectivity index (χ3n) is 3.70. The lowest BCUT2D eigenvalue weighted by Gasteiger charge is -2.22. The maximum Gasteiger partial charge on any atom is 0.241 e. The molecule has 2 N–H and O–H groups in total. The smallest absolute Gasteiger partial charge is 0.241 e. The van der Waals surface area contributed by atoms with Crippen molar-refractivity contribution in [3.05, 3.63) is 64.9 Å². The van der Waals surface area contributed by atoms with Gasteiger partial charge in [-0.15, -0.1) is 11.3 Å². The van der Waals surface area contributed by atoms with Crippen molar-refractivity contribution in [1.82, 2.24) is 4.72 Å². The van der Waals surface area contributed by atoms with Gasteiger partial charge in [0.1, 0.15) is 5.60 Å². The van der Waals surface area contributed by atoms with E-state index in [4.69, 9.17) is 0 Å². The molecule has 0 aliphatic carbocycles. The number of aliphatic hydroxyl groups is 1. The van der Waals surface area contributed by atoms with Gasteiger partial charge in [-0.2, -0.15) is 0 Å². The molecule has 0 amide bonds. The van der Waals surface area contributed by atoms with Crippen molar-refractivity contribution >= 4 is 32.1 Å². The fourth-order valence-corrected chi connectivity index (χ4v) is 4.56. The van der Waals surface area contributed by atoms with Gasteiger partial charge in [0.2, 0.25) is 10.0 Å². The van der Waals surface area contributed by atoms with Crippen LogP contribution in [0.4, 0.5) is 0 Å². The Morgan fingerprint density at radius 2 is 1.83 bits per heavy atom. The molecule has 0 aliphatic heterocycles. The summed E-state index contributed by atoms with van der Waals surface area (Å²) >= 11 is 1.39. The lowest BCUT2D eigenvalue weighted by Crippen LogP contribution is -2.38. The van der Waals surface area contributed by atoms with E-state index in [1.165, 1.54) is 11.3 Å². The largest absolute Gasteiger partial charge is 0.383 e. The average Bonchev–Trinajstić information content (AvgIpc) is 3.08. The molecule has 1 aromatic heterocycles. The van der Waals surface area contributed by atoms with E-state index in [1.807, 2.05) is 35.7 Å². The minimum Gasteiger partial charge on any atom is -0.383 e. The molecule has 23 heavy (non-hydrogen) atoms. The molecular formula is C17H17NO3S2. The predicted molar refractivity (Wildman–Crippen MR) is 93.0 cm³/mol. The quantitative estimate of drug-likeness (QED) is 0.745. The lowest BCUT2D eigenvalue weighted by molar-refractivity contribution is 0.0666. The van der Waals surface area contributed by atoms with E-state index in [0.29, 0.717) is 5.39 Å². The Balaban J connectivity index is 1.90. The van der Waals surface area contributed by atoms with Gasteiger partial charge in [0.25, 0.3) is 0 Å². The first kappa shape index (κ1) is 16.1. The summed E-state index contributed by atoms with van der Waals surface area (Å²) in [5, 5.41) is 13.9. The maximum atomic E-state index is 12.6. The molecule has 3 aromatic rings. The summed E-state index contributed by atoms with van der Waals surface area (Å²) in [5.41, 5.74) is -1.24. The third-order valence-corrected chi connectivity index (χ3v) is 6.28. The van der Waals surface area contributed by atoms with Crippen LogP contribution in [-0.4, -0.2) is 20.1 Å². The summed E-state index contributed by atoms with van der Waals surface area (Å²) in [6.45, 7) is 1.52. The molecular weight excluding hydrogens is 330 g/mol. The zero-order valence-corrected chi connectivity index (χ0v) is 14.2. The van der Waals surface area contributed by atoms with Crippen LogP contribution in [0.15, 0.2) is 64.9 Å². The number of benzene rings is 2. The summed E-state index contributed by atoms with van der Waals surface area (Å²) in [4.78, 5) is 0.940. The summed E-state index contributed by atoms with van der Waals surface area (Å²) < 4.78 is 27.8. The summed E-state index contributed by atoms with van der Waals surface area (Å²) in [6.07, 6.45) is 0. The van der Waals surface area contributed by atoms with Crippen LogP contribution in [0.1, 0.15) is 11.8 Å². The Hall–Kier alpha value is -1.73. The van der Waals surface area contributed by atoms with E-state index in [1.54, 1.807) is 31.2 Å². The van der Waals surface area contributed by atoms with Crippen LogP contribution in [0.25, 0.3) is 10.8 Å². The molecule has 0 aliphatic rings. The maximum absolute atomic E-state index is 12.6. The second-order valence-corrected chi connectivity index (χ2v) is 8.24. The van der Waals surface area contributed by atoms with Crippen molar-refractivity contribution in [2.75, 3.05) is 6.54 Å². The lowest BCUT2D eigenvalue weighted by atomic mass is 10.1. The van der Waals surface area contributed by atoms with Crippen molar-refractivity contribution in [1.29, 1.82) is 0 Å². The molecule has 0 radical (unpaired) electrons. The number of hydrogen-bond donors (Lipinski definition) is 2. The highest BCUT2D eigenvalue weighted by Crippen LogP contribution is 2.26. The number of thiophene rings is 1. The van der Waals surface area contributed by atoms with E-state index in [-0.39, 0.29) is 11.4 Å². The van der Waals surface area contributed by atoms with Crippen LogP contribution < -0.4 is 4.72 Å². The van der Waals surface area contributed by atoms with Gasteiger partial charge in [-0.3, -0.25) is 0 Å². The number of rotatable bonds is 5. The topological polar surface area (TPSA) is 66.4 Å². The van der Waals surface area contributed by atoms with Crippen molar-refractivity contribution in [3.63, 3.8) is 0 Å². The minimum atomic E-state index is -3.72. The molecule has 0 spiro atoms. The molecule has 1 unspecified atom stereocenters. The normalized spacial score (nSPS) is 14.7. The summed E-state index contributed by atoms with van der Waals surface area (Å²) in [5.74, 6) is 0. The van der Waals surface area contributed by atoms with Crippen molar-refractivity contribution < 1.29 is 13.5 Å². The van der Waals surface area contributed by atoms with Gasteiger partial charge in [-0.05, 0) is 29.8 Å². The van der Waals surface area contributed by atoms with Gasteiger partial charge in [0.05, 0.1) is 4.90 Å². The number of sulfonamides is 1. The van der Waals surface area contributed by atoms with Crippen LogP contribution in [0.2, 0.25) is 0 Å². The van der Waals surface area contributed by atoms with E-state index >= 15 is 0 Å². The Bertz CT molecular complexity index is 911. The zero-order chi connectivity index (χ0) is 16.5. The predicted octanol–water partition coefficient (Wildman–Crippen LogP) is 3.09. The van der Waals surface area contributed by atoms with E-state index < -0.39 is 15.6 Å². The van der Waals surface area contributed by atoms with Crippen LogP contribution in [0.3, 0.4) is 0 Å². The Morgan fingerprint density at radius 3 is 2.57 bits per heavy atom. The van der Waals surface area contributed by atoms with Crippen molar-refractivity contribution in [3.8, 4) is 0 Å². The molecule has 1 heterocycles. The molecule has 120 valence electrons. The summed E-state index contributed by atoms with van der Waals surface area (Å²) in [6, 6.07) is 16.1. The molecule has 3 rings (SSSR count). The summed E-state index contributed by atoms with van der Waals surface area (Å²) in [7, 11) is -3.72. The van der Waals surface area contributed by atoms with Crippen LogP contribution in [0.5, 0.6) is 0 Å². The SMILES string of the molecule is CC(O)(CNS(=O)(=O)c1cccc2ccccc12)c1cccs1. The van der Waals surface area contributed by atoms with Gasteiger partial charge in [-0.1, -0.05) is 42.5 Å². The van der Waals surface area contributed by atoms with Gasteiger partial charge in [-0.25, -0.2) is 13.1 Å². The van der Waals surface area contributed by atoms with Crippen LogP contribution >= 0.6 is 11.3 Å². The molecule has 0 saturated heterocycles. The van der Waals surface area contributed by atoms with Gasteiger partial charge in [0, 0.05) is 16.8 Å². The molecule has 1 atom stereocenters. The van der Waals surface area contributed by atoms with E-state index in [0.717, 1.165) is 10.3 Å². The number of nitrogens with one attached hydrogen (secondary N) is 1. The van der Waals surface area contributed by atoms with Gasteiger partial charge < -0.3 is 5.11 Å². The highest BCUT2D eigenvalue weighted by atomic mass is 32.2. The molecule has 0 bridgehead atoms. The van der Waals surface area contributed by atoms with Crippen LogP contribution in [0, 0.1) is 0 Å². The zero-order valence-electron chi connectivity index (χ0n) is 12.6. The second kappa shape index (κ2) is 6.05. The number of fused-ring (bicyclic) bond motifs is 1. The molecule has 6 heteroatoms. The molecule has 2 aromatic carbocycles. The first-order chi connectivity index (χ1) is 10.9. The van der Waals surface area contributed by atoms with Crippen molar-refractivity contribution in [2.24, 2.45) is 0 Å². The average molecular weight is 347 g/mol. The van der Waals surface area contributed by atoms with E-state index in [9.17, 15) is 13.5 Å². The van der Waals surface area contributed by atoms with Crippen LogP contribution in [-0.2, 0) is 15.6 Å². The third kappa shape index (κ3) is 3.30. The van der Waals surface area contributed by atoms with Gasteiger partial charge >= 0.3 is 0 Å². The Morgan fingerprint density at radius 1 is 1.09 bits per heavy atom.